The molecule has 48 heavy (non-hydrogen) atoms. The van der Waals surface area contributed by atoms with Gasteiger partial charge in [-0.25, -0.2) is 0 Å². The molecule has 13 nitrogen and oxygen atoms in total. The number of methoxy groups -OCH3 is 1. The summed E-state index contributed by atoms with van der Waals surface area (Å²) in [6, 6.07) is -0.900. The highest BCUT2D eigenvalue weighted by Gasteiger charge is 2.32. The van der Waals surface area contributed by atoms with Crippen molar-refractivity contribution < 1.29 is 42.9 Å². The van der Waals surface area contributed by atoms with Crippen molar-refractivity contribution in [2.75, 3.05) is 86.2 Å². The number of carbonyl (C=O) groups excluding carboxylic acids is 4. The van der Waals surface area contributed by atoms with Gasteiger partial charge in [-0.2, -0.15) is 0 Å². The third-order valence-electron chi connectivity index (χ3n) is 6.64. The Labute approximate surface area is 291 Å². The summed E-state index contributed by atoms with van der Waals surface area (Å²) in [6.45, 7) is 21.3. The quantitative estimate of drug-likeness (QED) is 0.0682. The molecular formula is C35H70N4O9. The van der Waals surface area contributed by atoms with Crippen molar-refractivity contribution in [2.24, 2.45) is 16.7 Å². The first-order valence-electron chi connectivity index (χ1n) is 17.5. The molecule has 0 spiro atoms. The normalized spacial score (nSPS) is 12.1. The second-order valence-electron chi connectivity index (χ2n) is 13.9. The zero-order valence-corrected chi connectivity index (χ0v) is 31.6. The van der Waals surface area contributed by atoms with Crippen LogP contribution in [-0.2, 0) is 42.9 Å². The zero-order chi connectivity index (χ0) is 36.7. The van der Waals surface area contributed by atoms with Crippen molar-refractivity contribution in [3.8, 4) is 0 Å². The molecule has 0 aliphatic heterocycles. The molecule has 0 aliphatic carbocycles. The zero-order valence-electron chi connectivity index (χ0n) is 31.6. The van der Waals surface area contributed by atoms with Gasteiger partial charge < -0.3 is 45.0 Å². The van der Waals surface area contributed by atoms with Gasteiger partial charge in [0.15, 0.2) is 0 Å². The lowest BCUT2D eigenvalue weighted by Crippen LogP contribution is -2.52. The molecule has 0 aromatic heterocycles. The number of carbonyl (C=O) groups is 4. The van der Waals surface area contributed by atoms with Crippen molar-refractivity contribution in [3.63, 3.8) is 0 Å². The lowest BCUT2D eigenvalue weighted by molar-refractivity contribution is -0.137. The summed E-state index contributed by atoms with van der Waals surface area (Å²) < 4.78 is 26.9. The van der Waals surface area contributed by atoms with Crippen LogP contribution >= 0.6 is 0 Å². The maximum absolute atomic E-state index is 13.1. The summed E-state index contributed by atoms with van der Waals surface area (Å²) in [4.78, 5) is 48.7. The number of nitrogens with one attached hydrogen (secondary N) is 4. The highest BCUT2D eigenvalue weighted by molar-refractivity contribution is 5.90. The molecule has 0 bridgehead atoms. The Morgan fingerprint density at radius 2 is 1.31 bits per heavy atom. The molecule has 4 amide bonds. The maximum Gasteiger partial charge on any atom is 0.242 e. The second-order valence-corrected chi connectivity index (χ2v) is 13.9. The van der Waals surface area contributed by atoms with Crippen molar-refractivity contribution in [1.82, 2.24) is 21.3 Å². The van der Waals surface area contributed by atoms with E-state index in [1.54, 1.807) is 21.0 Å². The molecule has 0 aromatic carbocycles. The number of amides is 4. The molecule has 0 rings (SSSR count). The Bertz CT molecular complexity index is 820. The molecule has 0 radical (unpaired) electrons. The fourth-order valence-corrected chi connectivity index (χ4v) is 3.93. The summed E-state index contributed by atoms with van der Waals surface area (Å²) in [5, 5.41) is 11.0. The van der Waals surface area contributed by atoms with Gasteiger partial charge >= 0.3 is 0 Å². The van der Waals surface area contributed by atoms with Gasteiger partial charge in [-0.05, 0) is 44.4 Å². The van der Waals surface area contributed by atoms with Crippen LogP contribution in [-0.4, -0.2) is 116 Å². The van der Waals surface area contributed by atoms with Crippen LogP contribution in [0.2, 0.25) is 0 Å². The van der Waals surface area contributed by atoms with Crippen LogP contribution in [0.4, 0.5) is 0 Å². The largest absolute Gasteiger partial charge is 0.382 e. The van der Waals surface area contributed by atoms with E-state index in [9.17, 15) is 19.2 Å². The first-order chi connectivity index (χ1) is 22.7. The van der Waals surface area contributed by atoms with Crippen LogP contribution in [0.15, 0.2) is 0 Å². The predicted octanol–water partition coefficient (Wildman–Crippen LogP) is 3.24. The number of hydrogen-bond acceptors (Lipinski definition) is 9. The van der Waals surface area contributed by atoms with Crippen molar-refractivity contribution in [2.45, 2.75) is 100.0 Å². The minimum absolute atomic E-state index is 0.0416. The van der Waals surface area contributed by atoms with Crippen molar-refractivity contribution in [1.29, 1.82) is 0 Å². The SMILES string of the molecule is CCCC(C)C.COCCOCCOCCOCCNC(=O)[C@H](CCC(=O)NCCCCNC=O)NC(=O)C(C)(C)COCC(C)(C)C. The van der Waals surface area contributed by atoms with Gasteiger partial charge in [0, 0.05) is 33.2 Å². The molecule has 0 fully saturated rings. The van der Waals surface area contributed by atoms with Crippen LogP contribution < -0.4 is 21.3 Å². The van der Waals surface area contributed by atoms with Crippen molar-refractivity contribution >= 4 is 24.1 Å². The lowest BCUT2D eigenvalue weighted by Gasteiger charge is -2.28. The van der Waals surface area contributed by atoms with E-state index in [4.69, 9.17) is 23.7 Å². The number of ether oxygens (including phenoxy) is 5. The number of unbranched alkanes of at least 4 members (excludes halogenated alkanes) is 1. The molecule has 0 unspecified atom stereocenters. The highest BCUT2D eigenvalue weighted by atomic mass is 16.6. The molecule has 0 aromatic rings. The third kappa shape index (κ3) is 32.2. The average molecular weight is 691 g/mol. The molecule has 0 saturated carbocycles. The number of rotatable bonds is 29. The minimum Gasteiger partial charge on any atom is -0.382 e. The van der Waals surface area contributed by atoms with Gasteiger partial charge in [0.1, 0.15) is 6.04 Å². The van der Waals surface area contributed by atoms with Crippen LogP contribution in [0.3, 0.4) is 0 Å². The monoisotopic (exact) mass is 691 g/mol. The molecule has 4 N–H and O–H groups in total. The molecule has 1 atom stereocenters. The molecular weight excluding hydrogens is 620 g/mol. The fourth-order valence-electron chi connectivity index (χ4n) is 3.93. The molecule has 284 valence electrons. The van der Waals surface area contributed by atoms with E-state index in [-0.39, 0.29) is 49.8 Å². The van der Waals surface area contributed by atoms with E-state index in [2.05, 4.69) is 42.0 Å². The Hall–Kier alpha value is -2.32. The fraction of sp³-hybridized carbons (Fsp3) is 0.886. The topological polar surface area (TPSA) is 163 Å². The van der Waals surface area contributed by atoms with Gasteiger partial charge in [0.25, 0.3) is 0 Å². The van der Waals surface area contributed by atoms with E-state index < -0.39 is 17.4 Å². The van der Waals surface area contributed by atoms with Gasteiger partial charge in [-0.15, -0.1) is 0 Å². The average Bonchev–Trinajstić information content (AvgIpc) is 3.00. The van der Waals surface area contributed by atoms with Crippen LogP contribution in [0.1, 0.15) is 93.9 Å². The summed E-state index contributed by atoms with van der Waals surface area (Å²) >= 11 is 0. The van der Waals surface area contributed by atoms with Crippen LogP contribution in [0.25, 0.3) is 0 Å². The second kappa shape index (κ2) is 30.7. The van der Waals surface area contributed by atoms with Crippen LogP contribution in [0, 0.1) is 16.7 Å². The molecule has 0 aliphatic rings. The summed E-state index contributed by atoms with van der Waals surface area (Å²) in [5.41, 5.74) is -0.917. The first-order valence-corrected chi connectivity index (χ1v) is 17.5. The van der Waals surface area contributed by atoms with E-state index in [1.807, 2.05) is 20.8 Å². The third-order valence-corrected chi connectivity index (χ3v) is 6.64. The van der Waals surface area contributed by atoms with Crippen LogP contribution in [0.5, 0.6) is 0 Å². The Balaban J connectivity index is 0. The minimum atomic E-state index is -0.900. The summed E-state index contributed by atoms with van der Waals surface area (Å²) in [5.74, 6) is -0.0459. The summed E-state index contributed by atoms with van der Waals surface area (Å²) in [6.07, 6.45) is 5.00. The summed E-state index contributed by atoms with van der Waals surface area (Å²) in [7, 11) is 1.61. The molecule has 0 saturated heterocycles. The van der Waals surface area contributed by atoms with E-state index in [1.165, 1.54) is 12.8 Å². The predicted molar refractivity (Wildman–Crippen MR) is 189 cm³/mol. The van der Waals surface area contributed by atoms with Gasteiger partial charge in [0.2, 0.25) is 24.1 Å². The van der Waals surface area contributed by atoms with Gasteiger partial charge in [-0.1, -0.05) is 54.4 Å². The van der Waals surface area contributed by atoms with E-state index in [0.29, 0.717) is 72.2 Å². The lowest BCUT2D eigenvalue weighted by atomic mass is 9.92. The Morgan fingerprint density at radius 3 is 1.83 bits per heavy atom. The van der Waals surface area contributed by atoms with E-state index in [0.717, 1.165) is 12.3 Å². The standard InChI is InChI=1S/C29H56N4O9.C6H14/c1-28(2,3)21-42-22-29(4,5)27(37)33-24(9-10-25(35)31-12-8-7-11-30-23-34)26(36)32-13-14-39-17-18-41-20-19-40-16-15-38-6;1-4-5-6(2)3/h23-24H,7-22H2,1-6H3,(H,30,34)(H,31,35)(H,32,36)(H,33,37);6H,4-5H2,1-3H3/t24-;/m0./s1. The van der Waals surface area contributed by atoms with Gasteiger partial charge in [-0.3, -0.25) is 19.2 Å². The number of hydrogen-bond donors (Lipinski definition) is 4. The smallest absolute Gasteiger partial charge is 0.242 e. The highest BCUT2D eigenvalue weighted by Crippen LogP contribution is 2.20. The molecule has 13 heteroatoms. The first kappa shape index (κ1) is 47.8. The van der Waals surface area contributed by atoms with Crippen molar-refractivity contribution in [3.05, 3.63) is 0 Å². The maximum atomic E-state index is 13.1. The van der Waals surface area contributed by atoms with E-state index >= 15 is 0 Å². The molecule has 0 heterocycles. The van der Waals surface area contributed by atoms with Gasteiger partial charge in [0.05, 0.1) is 64.9 Å². The Morgan fingerprint density at radius 1 is 0.729 bits per heavy atom. The Kier molecular flexibility index (Phi) is 30.6.